The van der Waals surface area contributed by atoms with Gasteiger partial charge in [-0.1, -0.05) is 334 Å². The first-order chi connectivity index (χ1) is 65.9. The Hall–Kier alpha value is -15.2. The highest BCUT2D eigenvalue weighted by Crippen LogP contribution is 2.49. The molecular formula is C119H82BBr2N2O10P. The van der Waals surface area contributed by atoms with Crippen molar-refractivity contribution < 1.29 is 36.8 Å². The maximum Gasteiger partial charge on any atom is 0.498 e. The summed E-state index contributed by atoms with van der Waals surface area (Å²) in [6.07, 6.45) is 0.973. The number of halogens is 2. The van der Waals surface area contributed by atoms with Crippen molar-refractivity contribution in [3.05, 3.63) is 453 Å². The minimum absolute atomic E-state index is 0.103. The summed E-state index contributed by atoms with van der Waals surface area (Å²) >= 11 is 6.71. The summed E-state index contributed by atoms with van der Waals surface area (Å²) in [6, 6.07) is 141. The molecule has 1 aliphatic carbocycles. The number of para-hydroxylation sites is 3. The summed E-state index contributed by atoms with van der Waals surface area (Å²) in [7, 11) is -0.878. The molecule has 1 fully saturated rings. The molecule has 0 unspecified atom stereocenters. The van der Waals surface area contributed by atoms with Crippen LogP contribution in [-0.2, 0) is 15.7 Å². The zero-order valence-corrected chi connectivity index (χ0v) is 77.8. The van der Waals surface area contributed by atoms with E-state index in [0.717, 1.165) is 109 Å². The molecule has 0 N–H and O–H groups in total. The molecule has 5 heterocycles. The Labute approximate surface area is 794 Å². The van der Waals surface area contributed by atoms with Gasteiger partial charge in [-0.3, -0.25) is 20.2 Å². The van der Waals surface area contributed by atoms with Gasteiger partial charge in [-0.25, -0.2) is 0 Å². The summed E-state index contributed by atoms with van der Waals surface area (Å²) in [4.78, 5) is 22.2. The molecule has 1 saturated heterocycles. The minimum Gasteiger partial charge on any atom is -0.456 e. The Kier molecular flexibility index (Phi) is 22.4. The van der Waals surface area contributed by atoms with E-state index in [-0.39, 0.29) is 32.4 Å². The number of fused-ring (bicyclic) bond motifs is 24. The van der Waals surface area contributed by atoms with Crippen LogP contribution in [0.1, 0.15) is 38.8 Å². The number of nitro groups is 2. The minimum atomic E-state index is -0.446. The van der Waals surface area contributed by atoms with Crippen LogP contribution in [0.4, 0.5) is 11.4 Å². The van der Waals surface area contributed by atoms with Crippen LogP contribution in [0.2, 0.25) is 0 Å². The van der Waals surface area contributed by atoms with E-state index in [1.165, 1.54) is 97.4 Å². The van der Waals surface area contributed by atoms with Gasteiger partial charge in [0, 0.05) is 59.7 Å². The molecule has 0 bridgehead atoms. The number of hydrogen-bond donors (Lipinski definition) is 0. The van der Waals surface area contributed by atoms with Crippen LogP contribution >= 0.6 is 39.8 Å². The lowest BCUT2D eigenvalue weighted by atomic mass is 9.78. The summed E-state index contributed by atoms with van der Waals surface area (Å²) in [5.41, 5.74) is 14.1. The lowest BCUT2D eigenvalue weighted by Gasteiger charge is -2.32. The van der Waals surface area contributed by atoms with E-state index in [2.05, 4.69) is 326 Å². The summed E-state index contributed by atoms with van der Waals surface area (Å²) < 4.78 is 39.0. The van der Waals surface area contributed by atoms with Gasteiger partial charge in [-0.2, -0.15) is 0 Å². The van der Waals surface area contributed by atoms with Gasteiger partial charge in [0.2, 0.25) is 0 Å². The summed E-state index contributed by atoms with van der Waals surface area (Å²) in [6.45, 7) is 8.27. The molecule has 25 aromatic rings. The maximum atomic E-state index is 12.1. The van der Waals surface area contributed by atoms with Gasteiger partial charge < -0.3 is 27.0 Å². The lowest BCUT2D eigenvalue weighted by molar-refractivity contribution is -0.383. The van der Waals surface area contributed by atoms with Gasteiger partial charge >= 0.3 is 7.12 Å². The maximum absolute atomic E-state index is 12.1. The van der Waals surface area contributed by atoms with Crippen molar-refractivity contribution in [2.75, 3.05) is 0 Å². The molecule has 12 nitrogen and oxygen atoms in total. The van der Waals surface area contributed by atoms with E-state index in [9.17, 15) is 20.2 Å². The quantitative estimate of drug-likeness (QED) is 0.0651. The number of nitro benzene ring substituents is 2. The molecule has 0 saturated carbocycles. The van der Waals surface area contributed by atoms with E-state index >= 15 is 0 Å². The fourth-order valence-electron chi connectivity index (χ4n) is 19.0. The first kappa shape index (κ1) is 85.3. The highest BCUT2D eigenvalue weighted by Gasteiger charge is 2.52. The van der Waals surface area contributed by atoms with Crippen LogP contribution in [0.15, 0.2) is 439 Å². The van der Waals surface area contributed by atoms with E-state index in [4.69, 9.17) is 27.0 Å². The van der Waals surface area contributed by atoms with Gasteiger partial charge in [-0.05, 0) is 250 Å². The monoisotopic (exact) mass is 1900 g/mol. The fourth-order valence-corrected chi connectivity index (χ4v) is 22.3. The molecule has 0 radical (unpaired) electrons. The Bertz CT molecular complexity index is 8900. The van der Waals surface area contributed by atoms with Crippen molar-refractivity contribution in [2.24, 2.45) is 0 Å². The summed E-state index contributed by atoms with van der Waals surface area (Å²) in [5.74, 6) is 0. The molecule has 0 spiro atoms. The zero-order chi connectivity index (χ0) is 91.7. The predicted molar refractivity (Wildman–Crippen MR) is 567 cm³/mol. The second-order valence-electron chi connectivity index (χ2n) is 34.9. The van der Waals surface area contributed by atoms with Crippen molar-refractivity contribution >= 4 is 243 Å². The third-order valence-corrected chi connectivity index (χ3v) is 30.0. The van der Waals surface area contributed by atoms with Crippen molar-refractivity contribution in [3.63, 3.8) is 0 Å². The predicted octanol–water partition coefficient (Wildman–Crippen LogP) is 32.4. The number of benzene rings is 21. The Morgan fingerprint density at radius 2 is 0.622 bits per heavy atom. The van der Waals surface area contributed by atoms with Crippen molar-refractivity contribution in [2.45, 2.75) is 45.3 Å². The van der Waals surface area contributed by atoms with Crippen molar-refractivity contribution in [1.29, 1.82) is 0 Å². The Morgan fingerprint density at radius 1 is 0.281 bits per heavy atom. The normalized spacial score (nSPS) is 13.0. The first-order valence-corrected chi connectivity index (χ1v) is 47.7. The molecule has 4 aromatic heterocycles. The van der Waals surface area contributed by atoms with Crippen LogP contribution in [0.3, 0.4) is 0 Å². The fraction of sp³-hybridized carbons (Fsp3) is 0.0588. The zero-order valence-electron chi connectivity index (χ0n) is 73.7. The highest BCUT2D eigenvalue weighted by molar-refractivity contribution is 9.11. The van der Waals surface area contributed by atoms with Crippen LogP contribution in [0, 0.1) is 20.2 Å². The van der Waals surface area contributed by atoms with Crippen molar-refractivity contribution in [3.8, 4) is 22.3 Å². The van der Waals surface area contributed by atoms with Crippen LogP contribution in [0.5, 0.6) is 0 Å². The number of hydrogen-bond acceptors (Lipinski definition) is 10. The molecule has 16 heteroatoms. The summed E-state index contributed by atoms with van der Waals surface area (Å²) in [5, 5.41) is 51.2. The SMILES string of the molecule is Brc1cccc2c1oc1cc3ccccc3cc12.CC1(C)OB(c2cccc3c2oc2cc4ccccc4cc23)OC1(C)C.O=[N+]([O-])c1c(-c2cccc3c2oc2cc4ccccc4cc23)ccc2ccccc12.O=[N+]([O-])c1c(Br)ccc2ccccc12.c1ccc(P(c2ccccc2)c2ccccc2)cc1.c1ccc2cc3c(cc2c1)oc1c2c(ccc13)Cc1c-2ccc2ccccc12. The highest BCUT2D eigenvalue weighted by atomic mass is 79.9. The van der Waals surface area contributed by atoms with Gasteiger partial charge in [-0.15, -0.1) is 0 Å². The molecule has 27 rings (SSSR count). The molecular weight excluding hydrogens is 1820 g/mol. The van der Waals surface area contributed by atoms with E-state index in [0.29, 0.717) is 26.4 Å². The first-order valence-electron chi connectivity index (χ1n) is 44.8. The second kappa shape index (κ2) is 35.4. The average molecular weight is 1900 g/mol. The third-order valence-electron chi connectivity index (χ3n) is 26.3. The molecule has 650 valence electrons. The number of furan rings is 4. The van der Waals surface area contributed by atoms with Gasteiger partial charge in [0.05, 0.1) is 46.3 Å². The molecule has 0 atom stereocenters. The van der Waals surface area contributed by atoms with E-state index in [1.807, 2.05) is 121 Å². The van der Waals surface area contributed by atoms with Crippen LogP contribution in [-0.4, -0.2) is 28.2 Å². The third kappa shape index (κ3) is 16.0. The molecule has 2 aliphatic rings. The topological polar surface area (TPSA) is 157 Å². The van der Waals surface area contributed by atoms with Gasteiger partial charge in [0.25, 0.3) is 11.4 Å². The van der Waals surface area contributed by atoms with E-state index < -0.39 is 15.0 Å². The molecule has 0 amide bonds. The average Bonchev–Trinajstić information content (AvgIpc) is 1.58. The standard InChI is InChI=1S/C27H16O.C26H15NO3.C22H21BO3.C18H15P.C16H9BrO.C10H6BrNO2/c1-2-7-18-15-25-24(13-17(18)6-1)22-12-10-19-14-23-20-8-4-3-5-16(20)9-11-21(23)26(19)27(22)28-25;28-27(29)25-19-9-4-3-6-16(19)12-13-20(25)21-10-5-11-22-23-14-17-7-1-2-8-18(17)15-24(23)30-26(21)22;1-21(2)22(3,4)26-23(25-21)18-11-7-10-16-17-12-14-8-5-6-9-15(14)13-19(17)24-20(16)18;1-4-10-16(11-5-1)19(17-12-6-2-7-13-17)18-14-8-3-9-15-18;17-14-7-3-6-12-13-8-10-4-1-2-5-11(10)9-15(13)18-16(12)14;11-9-6-5-7-3-1-2-4-8(7)10(9)12(13)14/h1-13,15H,14H2;1-15H;5-13H,1-4H3;1-15H;1-9H;1-6H. The Morgan fingerprint density at radius 3 is 1.09 bits per heavy atom. The van der Waals surface area contributed by atoms with Gasteiger partial charge in [0.1, 0.15) is 44.7 Å². The number of nitrogens with zero attached hydrogens (tertiary/aromatic N) is 2. The number of rotatable bonds is 7. The Balaban J connectivity index is 0.0000000957. The smallest absolute Gasteiger partial charge is 0.456 e. The lowest BCUT2D eigenvalue weighted by Crippen LogP contribution is -2.41. The van der Waals surface area contributed by atoms with Crippen LogP contribution < -0.4 is 21.4 Å². The molecule has 1 aliphatic heterocycles. The second-order valence-corrected chi connectivity index (χ2v) is 38.9. The van der Waals surface area contributed by atoms with E-state index in [1.54, 1.807) is 24.3 Å². The molecule has 21 aromatic carbocycles. The largest absolute Gasteiger partial charge is 0.498 e. The molecule has 135 heavy (non-hydrogen) atoms. The van der Waals surface area contributed by atoms with Gasteiger partial charge in [0.15, 0.2) is 0 Å². The van der Waals surface area contributed by atoms with Crippen LogP contribution in [0.25, 0.3) is 185 Å². The van der Waals surface area contributed by atoms with Crippen molar-refractivity contribution in [1.82, 2.24) is 0 Å².